The summed E-state index contributed by atoms with van der Waals surface area (Å²) in [5, 5.41) is -0.295. The number of ether oxygens (including phenoxy) is 1. The van der Waals surface area contributed by atoms with Crippen LogP contribution in [0.5, 0.6) is 0 Å². The SMILES string of the molecule is CCOC(=O)C1SC(c2ccc(N(C)C)cc2)=NC1=O. The lowest BCUT2D eigenvalue weighted by atomic mass is 10.2. The third-order valence-electron chi connectivity index (χ3n) is 2.80. The molecule has 2 rings (SSSR count). The molecule has 0 saturated carbocycles. The largest absolute Gasteiger partial charge is 0.465 e. The standard InChI is InChI=1S/C14H16N2O3S/c1-4-19-14(18)11-12(17)15-13(20-11)9-5-7-10(8-6-9)16(2)3/h5-8,11H,4H2,1-3H3. The Labute approximate surface area is 122 Å². The van der Waals surface area contributed by atoms with Gasteiger partial charge in [0.1, 0.15) is 5.04 Å². The molecule has 0 saturated heterocycles. The molecule has 1 aromatic rings. The molecule has 1 aliphatic heterocycles. The predicted octanol–water partition coefficient (Wildman–Crippen LogP) is 1.70. The molecule has 1 heterocycles. The van der Waals surface area contributed by atoms with Crippen molar-refractivity contribution in [1.29, 1.82) is 0 Å². The van der Waals surface area contributed by atoms with Gasteiger partial charge in [0.25, 0.3) is 5.91 Å². The van der Waals surface area contributed by atoms with E-state index < -0.39 is 17.1 Å². The lowest BCUT2D eigenvalue weighted by Gasteiger charge is -2.12. The van der Waals surface area contributed by atoms with Gasteiger partial charge in [0.15, 0.2) is 5.25 Å². The Bertz CT molecular complexity index is 552. The Balaban J connectivity index is 2.13. The number of amides is 1. The number of rotatable bonds is 4. The van der Waals surface area contributed by atoms with Gasteiger partial charge in [0.2, 0.25) is 0 Å². The smallest absolute Gasteiger partial charge is 0.329 e. The zero-order chi connectivity index (χ0) is 14.7. The van der Waals surface area contributed by atoms with Gasteiger partial charge in [-0.25, -0.2) is 4.99 Å². The van der Waals surface area contributed by atoms with Crippen LogP contribution in [0.25, 0.3) is 0 Å². The average Bonchev–Trinajstić information content (AvgIpc) is 2.81. The van der Waals surface area contributed by atoms with Crippen LogP contribution in [0.2, 0.25) is 0 Å². The number of thioether (sulfide) groups is 1. The van der Waals surface area contributed by atoms with Gasteiger partial charge in [-0.2, -0.15) is 0 Å². The first kappa shape index (κ1) is 14.6. The van der Waals surface area contributed by atoms with Gasteiger partial charge in [-0.05, 0) is 19.1 Å². The first-order valence-electron chi connectivity index (χ1n) is 6.26. The summed E-state index contributed by atoms with van der Waals surface area (Å²) < 4.78 is 4.87. The zero-order valence-corrected chi connectivity index (χ0v) is 12.4. The lowest BCUT2D eigenvalue weighted by molar-refractivity contribution is -0.144. The fraction of sp³-hybridized carbons (Fsp3) is 0.357. The molecule has 1 atom stereocenters. The maximum absolute atomic E-state index is 11.7. The van der Waals surface area contributed by atoms with Crippen molar-refractivity contribution >= 4 is 34.4 Å². The zero-order valence-electron chi connectivity index (χ0n) is 11.6. The van der Waals surface area contributed by atoms with Crippen LogP contribution < -0.4 is 4.90 Å². The predicted molar refractivity (Wildman–Crippen MR) is 80.3 cm³/mol. The molecule has 5 nitrogen and oxygen atoms in total. The summed E-state index contributed by atoms with van der Waals surface area (Å²) in [6.07, 6.45) is 0. The van der Waals surface area contributed by atoms with Gasteiger partial charge in [-0.1, -0.05) is 23.9 Å². The van der Waals surface area contributed by atoms with Gasteiger partial charge < -0.3 is 9.64 Å². The van der Waals surface area contributed by atoms with Crippen molar-refractivity contribution in [2.24, 2.45) is 4.99 Å². The van der Waals surface area contributed by atoms with Gasteiger partial charge in [0.05, 0.1) is 6.61 Å². The van der Waals surface area contributed by atoms with E-state index in [9.17, 15) is 9.59 Å². The molecule has 20 heavy (non-hydrogen) atoms. The second kappa shape index (κ2) is 6.09. The van der Waals surface area contributed by atoms with Crippen LogP contribution in [0.4, 0.5) is 5.69 Å². The molecule has 6 heteroatoms. The van der Waals surface area contributed by atoms with E-state index in [1.54, 1.807) is 6.92 Å². The minimum atomic E-state index is -0.863. The molecule has 1 aromatic carbocycles. The number of aliphatic imine (C=N–C) groups is 1. The van der Waals surface area contributed by atoms with E-state index in [1.165, 1.54) is 0 Å². The molecular formula is C14H16N2O3S. The molecule has 0 radical (unpaired) electrons. The highest BCUT2D eigenvalue weighted by atomic mass is 32.2. The molecule has 0 aliphatic carbocycles. The minimum absolute atomic E-state index is 0.260. The van der Waals surface area contributed by atoms with Crippen molar-refractivity contribution in [3.63, 3.8) is 0 Å². The summed E-state index contributed by atoms with van der Waals surface area (Å²) in [6, 6.07) is 7.67. The quantitative estimate of drug-likeness (QED) is 0.624. The summed E-state index contributed by atoms with van der Waals surface area (Å²) in [7, 11) is 3.91. The minimum Gasteiger partial charge on any atom is -0.465 e. The Morgan fingerprint density at radius 1 is 1.35 bits per heavy atom. The third kappa shape index (κ3) is 3.01. The van der Waals surface area contributed by atoms with Crippen molar-refractivity contribution in [1.82, 2.24) is 0 Å². The number of carbonyl (C=O) groups excluding carboxylic acids is 2. The van der Waals surface area contributed by atoms with Crippen LogP contribution in [-0.2, 0) is 14.3 Å². The Morgan fingerprint density at radius 2 is 2.00 bits per heavy atom. The van der Waals surface area contributed by atoms with E-state index in [1.807, 2.05) is 43.3 Å². The van der Waals surface area contributed by atoms with Gasteiger partial charge >= 0.3 is 5.97 Å². The summed E-state index contributed by atoms with van der Waals surface area (Å²) in [5.74, 6) is -0.966. The summed E-state index contributed by atoms with van der Waals surface area (Å²) in [4.78, 5) is 29.3. The van der Waals surface area contributed by atoms with Crippen LogP contribution in [0, 0.1) is 0 Å². The second-order valence-electron chi connectivity index (χ2n) is 4.45. The van der Waals surface area contributed by atoms with Crippen LogP contribution in [0.15, 0.2) is 29.3 Å². The molecule has 106 valence electrons. The fourth-order valence-corrected chi connectivity index (χ4v) is 2.70. The normalized spacial score (nSPS) is 17.9. The van der Waals surface area contributed by atoms with Crippen LogP contribution in [-0.4, -0.2) is 42.9 Å². The number of hydrogen-bond acceptors (Lipinski definition) is 5. The van der Waals surface area contributed by atoms with Crippen molar-refractivity contribution in [2.45, 2.75) is 12.2 Å². The first-order valence-corrected chi connectivity index (χ1v) is 7.14. The molecule has 0 aromatic heterocycles. The number of benzene rings is 1. The highest BCUT2D eigenvalue weighted by molar-refractivity contribution is 8.16. The van der Waals surface area contributed by atoms with Crippen LogP contribution in [0.1, 0.15) is 12.5 Å². The van der Waals surface area contributed by atoms with Crippen LogP contribution in [0.3, 0.4) is 0 Å². The molecule has 0 bridgehead atoms. The van der Waals surface area contributed by atoms with E-state index >= 15 is 0 Å². The molecular weight excluding hydrogens is 276 g/mol. The average molecular weight is 292 g/mol. The molecule has 1 amide bonds. The second-order valence-corrected chi connectivity index (χ2v) is 5.54. The maximum atomic E-state index is 11.7. The van der Waals surface area contributed by atoms with E-state index in [4.69, 9.17) is 4.74 Å². The van der Waals surface area contributed by atoms with Crippen LogP contribution >= 0.6 is 11.8 Å². The molecule has 0 spiro atoms. The summed E-state index contributed by atoms with van der Waals surface area (Å²) in [5.41, 5.74) is 1.89. The summed E-state index contributed by atoms with van der Waals surface area (Å²) >= 11 is 1.15. The Kier molecular flexibility index (Phi) is 4.44. The van der Waals surface area contributed by atoms with E-state index in [2.05, 4.69) is 4.99 Å². The Morgan fingerprint density at radius 3 is 2.55 bits per heavy atom. The van der Waals surface area contributed by atoms with Crippen molar-refractivity contribution < 1.29 is 14.3 Å². The molecule has 1 unspecified atom stereocenters. The maximum Gasteiger partial charge on any atom is 0.329 e. The fourth-order valence-electron chi connectivity index (χ4n) is 1.75. The monoisotopic (exact) mass is 292 g/mol. The van der Waals surface area contributed by atoms with Gasteiger partial charge in [0, 0.05) is 25.3 Å². The number of anilines is 1. The third-order valence-corrected chi connectivity index (χ3v) is 3.98. The van der Waals surface area contributed by atoms with Gasteiger partial charge in [-0.15, -0.1) is 0 Å². The number of hydrogen-bond donors (Lipinski definition) is 0. The van der Waals surface area contributed by atoms with Crippen molar-refractivity contribution in [3.05, 3.63) is 29.8 Å². The van der Waals surface area contributed by atoms with E-state index in [-0.39, 0.29) is 6.61 Å². The lowest BCUT2D eigenvalue weighted by Crippen LogP contribution is -2.25. The molecule has 0 N–H and O–H groups in total. The highest BCUT2D eigenvalue weighted by Crippen LogP contribution is 2.28. The highest BCUT2D eigenvalue weighted by Gasteiger charge is 2.36. The number of nitrogens with zero attached hydrogens (tertiary/aromatic N) is 2. The topological polar surface area (TPSA) is 59.0 Å². The van der Waals surface area contributed by atoms with E-state index in [0.29, 0.717) is 5.04 Å². The van der Waals surface area contributed by atoms with Gasteiger partial charge in [-0.3, -0.25) is 9.59 Å². The first-order chi connectivity index (χ1) is 9.52. The molecule has 1 aliphatic rings. The van der Waals surface area contributed by atoms with E-state index in [0.717, 1.165) is 23.0 Å². The molecule has 0 fully saturated rings. The van der Waals surface area contributed by atoms with Crippen molar-refractivity contribution in [3.8, 4) is 0 Å². The Hall–Kier alpha value is -1.82. The number of carbonyl (C=O) groups is 2. The summed E-state index contributed by atoms with van der Waals surface area (Å²) in [6.45, 7) is 1.97. The van der Waals surface area contributed by atoms with Crippen molar-refractivity contribution in [2.75, 3.05) is 25.6 Å². The number of esters is 1.